The Morgan fingerprint density at radius 2 is 1.72 bits per heavy atom. The van der Waals surface area contributed by atoms with E-state index in [-0.39, 0.29) is 0 Å². The molecule has 0 atom stereocenters. The molecule has 18 heavy (non-hydrogen) atoms. The van der Waals surface area contributed by atoms with E-state index in [0.29, 0.717) is 0 Å². The molecule has 2 aromatic carbocycles. The van der Waals surface area contributed by atoms with Gasteiger partial charge in [-0.05, 0) is 60.5 Å². The van der Waals surface area contributed by atoms with Gasteiger partial charge < -0.3 is 10.1 Å². The maximum absolute atomic E-state index is 5.85. The van der Waals surface area contributed by atoms with Gasteiger partial charge in [0.25, 0.3) is 0 Å². The molecule has 2 nitrogen and oxygen atoms in total. The number of rotatable bonds is 2. The Balaban J connectivity index is 1.82. The summed E-state index contributed by atoms with van der Waals surface area (Å²) >= 11 is 5.85. The monoisotopic (exact) mass is 259 g/mol. The van der Waals surface area contributed by atoms with Crippen LogP contribution in [0, 0.1) is 0 Å². The van der Waals surface area contributed by atoms with Gasteiger partial charge in [-0.2, -0.15) is 0 Å². The van der Waals surface area contributed by atoms with Gasteiger partial charge in [0.05, 0.1) is 0 Å². The largest absolute Gasteiger partial charge is 0.457 e. The van der Waals surface area contributed by atoms with E-state index in [4.69, 9.17) is 16.3 Å². The number of benzene rings is 2. The second kappa shape index (κ2) is 5.01. The number of ether oxygens (including phenoxy) is 1. The summed E-state index contributed by atoms with van der Waals surface area (Å²) in [5.74, 6) is 1.70. The van der Waals surface area contributed by atoms with Crippen LogP contribution >= 0.6 is 11.6 Å². The van der Waals surface area contributed by atoms with Crippen LogP contribution in [0.1, 0.15) is 11.1 Å². The van der Waals surface area contributed by atoms with E-state index in [1.165, 1.54) is 11.1 Å². The van der Waals surface area contributed by atoms with Crippen LogP contribution in [0.5, 0.6) is 11.5 Å². The second-order valence-electron chi connectivity index (χ2n) is 4.41. The van der Waals surface area contributed by atoms with Gasteiger partial charge in [0.1, 0.15) is 11.5 Å². The maximum Gasteiger partial charge on any atom is 0.127 e. The topological polar surface area (TPSA) is 21.3 Å². The highest BCUT2D eigenvalue weighted by Gasteiger charge is 2.09. The van der Waals surface area contributed by atoms with Crippen molar-refractivity contribution in [3.05, 3.63) is 58.6 Å². The van der Waals surface area contributed by atoms with Crippen molar-refractivity contribution < 1.29 is 4.74 Å². The standard InChI is InChI=1S/C15H14ClNO/c16-13-2-5-14(6-3-13)18-15-4-1-12-10-17-8-7-11(12)9-15/h1-6,9,17H,7-8,10H2. The zero-order valence-electron chi connectivity index (χ0n) is 9.95. The van der Waals surface area contributed by atoms with E-state index in [0.717, 1.165) is 36.0 Å². The Labute approximate surface area is 112 Å². The van der Waals surface area contributed by atoms with E-state index in [9.17, 15) is 0 Å². The van der Waals surface area contributed by atoms with Gasteiger partial charge in [0.2, 0.25) is 0 Å². The van der Waals surface area contributed by atoms with Crippen LogP contribution in [-0.4, -0.2) is 6.54 Å². The molecule has 1 aliphatic rings. The molecule has 1 aliphatic heterocycles. The smallest absolute Gasteiger partial charge is 0.127 e. The third-order valence-electron chi connectivity index (χ3n) is 3.11. The van der Waals surface area contributed by atoms with E-state index >= 15 is 0 Å². The third kappa shape index (κ3) is 2.50. The summed E-state index contributed by atoms with van der Waals surface area (Å²) in [5.41, 5.74) is 2.74. The molecule has 0 amide bonds. The van der Waals surface area contributed by atoms with Gasteiger partial charge in [0, 0.05) is 11.6 Å². The van der Waals surface area contributed by atoms with E-state index in [2.05, 4.69) is 17.4 Å². The molecule has 0 fully saturated rings. The van der Waals surface area contributed by atoms with Crippen molar-refractivity contribution in [2.45, 2.75) is 13.0 Å². The highest BCUT2D eigenvalue weighted by atomic mass is 35.5. The SMILES string of the molecule is Clc1ccc(Oc2ccc3c(c2)CCNC3)cc1. The van der Waals surface area contributed by atoms with E-state index < -0.39 is 0 Å². The van der Waals surface area contributed by atoms with E-state index in [1.807, 2.05) is 30.3 Å². The highest BCUT2D eigenvalue weighted by molar-refractivity contribution is 6.30. The van der Waals surface area contributed by atoms with Gasteiger partial charge >= 0.3 is 0 Å². The zero-order chi connectivity index (χ0) is 12.4. The Hall–Kier alpha value is -1.51. The molecule has 2 aromatic rings. The second-order valence-corrected chi connectivity index (χ2v) is 4.85. The van der Waals surface area contributed by atoms with Crippen LogP contribution < -0.4 is 10.1 Å². The first kappa shape index (κ1) is 11.6. The molecule has 0 aliphatic carbocycles. The first-order chi connectivity index (χ1) is 8.81. The fraction of sp³-hybridized carbons (Fsp3) is 0.200. The van der Waals surface area contributed by atoms with Crippen molar-refractivity contribution >= 4 is 11.6 Å². The number of halogens is 1. The molecule has 3 heteroatoms. The predicted octanol–water partition coefficient (Wildman–Crippen LogP) is 3.78. The Morgan fingerprint density at radius 1 is 0.944 bits per heavy atom. The lowest BCUT2D eigenvalue weighted by atomic mass is 10.0. The molecule has 0 unspecified atom stereocenters. The van der Waals surface area contributed by atoms with Crippen molar-refractivity contribution in [2.24, 2.45) is 0 Å². The van der Waals surface area contributed by atoms with Gasteiger partial charge in [-0.3, -0.25) is 0 Å². The van der Waals surface area contributed by atoms with Crippen LogP contribution in [0.4, 0.5) is 0 Å². The Morgan fingerprint density at radius 3 is 2.56 bits per heavy atom. The summed E-state index contributed by atoms with van der Waals surface area (Å²) in [6.07, 6.45) is 1.06. The molecule has 0 saturated heterocycles. The lowest BCUT2D eigenvalue weighted by Crippen LogP contribution is -2.23. The lowest BCUT2D eigenvalue weighted by Gasteiger charge is -2.17. The Bertz CT molecular complexity index is 551. The molecule has 1 N–H and O–H groups in total. The Kier molecular flexibility index (Phi) is 3.22. The van der Waals surface area contributed by atoms with Gasteiger partial charge in [0.15, 0.2) is 0 Å². The number of fused-ring (bicyclic) bond motifs is 1. The molecule has 1 heterocycles. The summed E-state index contributed by atoms with van der Waals surface area (Å²) in [4.78, 5) is 0. The third-order valence-corrected chi connectivity index (χ3v) is 3.37. The fourth-order valence-corrected chi connectivity index (χ4v) is 2.28. The van der Waals surface area contributed by atoms with Gasteiger partial charge in [-0.15, -0.1) is 0 Å². The number of nitrogens with one attached hydrogen (secondary N) is 1. The van der Waals surface area contributed by atoms with Crippen LogP contribution in [0.25, 0.3) is 0 Å². The quantitative estimate of drug-likeness (QED) is 0.886. The summed E-state index contributed by atoms with van der Waals surface area (Å²) in [5, 5.41) is 4.08. The molecule has 3 rings (SSSR count). The zero-order valence-corrected chi connectivity index (χ0v) is 10.7. The summed E-state index contributed by atoms with van der Waals surface area (Å²) < 4.78 is 5.82. The molecule has 0 radical (unpaired) electrons. The van der Waals surface area contributed by atoms with Crippen molar-refractivity contribution in [3.8, 4) is 11.5 Å². The normalized spacial score (nSPS) is 14.1. The predicted molar refractivity (Wildman–Crippen MR) is 73.4 cm³/mol. The average molecular weight is 260 g/mol. The van der Waals surface area contributed by atoms with Gasteiger partial charge in [-0.1, -0.05) is 17.7 Å². The summed E-state index contributed by atoms with van der Waals surface area (Å²) in [6, 6.07) is 13.7. The highest BCUT2D eigenvalue weighted by Crippen LogP contribution is 2.26. The molecule has 0 spiro atoms. The van der Waals surface area contributed by atoms with Crippen molar-refractivity contribution in [1.29, 1.82) is 0 Å². The molecular formula is C15H14ClNO. The first-order valence-electron chi connectivity index (χ1n) is 6.07. The minimum atomic E-state index is 0.721. The molecule has 0 aromatic heterocycles. The van der Waals surface area contributed by atoms with Crippen molar-refractivity contribution in [1.82, 2.24) is 5.32 Å². The van der Waals surface area contributed by atoms with E-state index in [1.54, 1.807) is 0 Å². The average Bonchev–Trinajstić information content (AvgIpc) is 2.41. The summed E-state index contributed by atoms with van der Waals surface area (Å²) in [6.45, 7) is 1.99. The lowest BCUT2D eigenvalue weighted by molar-refractivity contribution is 0.480. The molecular weight excluding hydrogens is 246 g/mol. The van der Waals surface area contributed by atoms with Crippen LogP contribution in [0.15, 0.2) is 42.5 Å². The minimum absolute atomic E-state index is 0.721. The van der Waals surface area contributed by atoms with Crippen LogP contribution in [-0.2, 0) is 13.0 Å². The van der Waals surface area contributed by atoms with Crippen molar-refractivity contribution in [3.63, 3.8) is 0 Å². The van der Waals surface area contributed by atoms with Crippen LogP contribution in [0.2, 0.25) is 5.02 Å². The first-order valence-corrected chi connectivity index (χ1v) is 6.45. The van der Waals surface area contributed by atoms with Crippen molar-refractivity contribution in [2.75, 3.05) is 6.54 Å². The van der Waals surface area contributed by atoms with Crippen LogP contribution in [0.3, 0.4) is 0 Å². The van der Waals surface area contributed by atoms with Gasteiger partial charge in [-0.25, -0.2) is 0 Å². The number of hydrogen-bond donors (Lipinski definition) is 1. The fourth-order valence-electron chi connectivity index (χ4n) is 2.16. The maximum atomic E-state index is 5.85. The number of hydrogen-bond acceptors (Lipinski definition) is 2. The molecule has 0 saturated carbocycles. The molecule has 92 valence electrons. The molecule has 0 bridgehead atoms. The minimum Gasteiger partial charge on any atom is -0.457 e. The summed E-state index contributed by atoms with van der Waals surface area (Å²) in [7, 11) is 0.